The van der Waals surface area contributed by atoms with Crippen molar-refractivity contribution in [3.8, 4) is 0 Å². The molecule has 0 spiro atoms. The van der Waals surface area contributed by atoms with E-state index in [0.29, 0.717) is 12.5 Å². The van der Waals surface area contributed by atoms with Gasteiger partial charge >= 0.3 is 5.97 Å². The number of hydrogen-bond donors (Lipinski definition) is 1. The minimum Gasteiger partial charge on any atom is -0.466 e. The second-order valence-corrected chi connectivity index (χ2v) is 4.94. The van der Waals surface area contributed by atoms with Crippen LogP contribution in [0.25, 0.3) is 0 Å². The number of ether oxygens (including phenoxy) is 1. The van der Waals surface area contributed by atoms with Crippen LogP contribution in [0.3, 0.4) is 0 Å². The Morgan fingerprint density at radius 2 is 1.83 bits per heavy atom. The monoisotopic (exact) mass is 257 g/mol. The molecule has 18 heavy (non-hydrogen) atoms. The second-order valence-electron chi connectivity index (χ2n) is 4.94. The van der Waals surface area contributed by atoms with E-state index in [4.69, 9.17) is 4.74 Å². The van der Waals surface area contributed by atoms with E-state index in [1.54, 1.807) is 6.92 Å². The molecule has 0 aliphatic carbocycles. The van der Waals surface area contributed by atoms with E-state index in [-0.39, 0.29) is 30.3 Å². The fourth-order valence-electron chi connectivity index (χ4n) is 2.14. The lowest BCUT2D eigenvalue weighted by atomic mass is 9.84. The van der Waals surface area contributed by atoms with Crippen LogP contribution in [-0.4, -0.2) is 24.5 Å². The number of carbonyl (C=O) groups excluding carboxylic acids is 2. The van der Waals surface area contributed by atoms with Crippen LogP contribution in [0.5, 0.6) is 0 Å². The SMILES string of the molecule is CCCC(C)C(C)C(CC(=O)OCC)NC(C)=O. The van der Waals surface area contributed by atoms with E-state index in [2.05, 4.69) is 26.1 Å². The molecule has 0 fully saturated rings. The number of rotatable bonds is 8. The predicted octanol–water partition coefficient (Wildman–Crippen LogP) is 2.52. The summed E-state index contributed by atoms with van der Waals surface area (Å²) in [6.45, 7) is 10.0. The van der Waals surface area contributed by atoms with E-state index in [1.165, 1.54) is 6.92 Å². The molecule has 0 aromatic carbocycles. The number of amides is 1. The molecule has 0 bridgehead atoms. The zero-order valence-corrected chi connectivity index (χ0v) is 12.3. The summed E-state index contributed by atoms with van der Waals surface area (Å²) in [5.41, 5.74) is 0. The molecule has 3 unspecified atom stereocenters. The van der Waals surface area contributed by atoms with Gasteiger partial charge in [-0.3, -0.25) is 9.59 Å². The lowest BCUT2D eigenvalue weighted by Crippen LogP contribution is -2.42. The van der Waals surface area contributed by atoms with Crippen LogP contribution in [0.4, 0.5) is 0 Å². The predicted molar refractivity (Wildman–Crippen MR) is 72.1 cm³/mol. The van der Waals surface area contributed by atoms with Gasteiger partial charge in [0.05, 0.1) is 13.0 Å². The molecule has 0 saturated carbocycles. The maximum absolute atomic E-state index is 11.5. The summed E-state index contributed by atoms with van der Waals surface area (Å²) < 4.78 is 4.95. The van der Waals surface area contributed by atoms with Gasteiger partial charge in [-0.2, -0.15) is 0 Å². The number of esters is 1. The Balaban J connectivity index is 4.55. The molecule has 4 heteroatoms. The lowest BCUT2D eigenvalue weighted by Gasteiger charge is -2.28. The van der Waals surface area contributed by atoms with Gasteiger partial charge in [-0.15, -0.1) is 0 Å². The highest BCUT2D eigenvalue weighted by atomic mass is 16.5. The molecule has 0 heterocycles. The molecule has 1 amide bonds. The van der Waals surface area contributed by atoms with Crippen molar-refractivity contribution < 1.29 is 14.3 Å². The maximum Gasteiger partial charge on any atom is 0.307 e. The molecule has 3 atom stereocenters. The first-order valence-electron chi connectivity index (χ1n) is 6.85. The maximum atomic E-state index is 11.5. The molecule has 0 aliphatic heterocycles. The minimum atomic E-state index is -0.244. The normalized spacial score (nSPS) is 15.6. The van der Waals surface area contributed by atoms with Crippen LogP contribution in [-0.2, 0) is 14.3 Å². The molecule has 1 N–H and O–H groups in total. The largest absolute Gasteiger partial charge is 0.466 e. The summed E-state index contributed by atoms with van der Waals surface area (Å²) >= 11 is 0. The topological polar surface area (TPSA) is 55.4 Å². The Morgan fingerprint density at radius 3 is 2.28 bits per heavy atom. The van der Waals surface area contributed by atoms with Gasteiger partial charge < -0.3 is 10.1 Å². The van der Waals surface area contributed by atoms with Gasteiger partial charge in [-0.1, -0.05) is 33.6 Å². The molecule has 4 nitrogen and oxygen atoms in total. The molecular formula is C14H27NO3. The minimum absolute atomic E-state index is 0.0974. The molecule has 106 valence electrons. The molecule has 0 saturated heterocycles. The van der Waals surface area contributed by atoms with E-state index in [0.717, 1.165) is 12.8 Å². The van der Waals surface area contributed by atoms with Gasteiger partial charge in [-0.25, -0.2) is 0 Å². The highest BCUT2D eigenvalue weighted by Gasteiger charge is 2.25. The molecule has 0 radical (unpaired) electrons. The highest BCUT2D eigenvalue weighted by molar-refractivity contribution is 5.75. The Hall–Kier alpha value is -1.06. The standard InChI is InChI=1S/C14H27NO3/c1-6-8-10(3)11(4)13(15-12(5)16)9-14(17)18-7-2/h10-11,13H,6-9H2,1-5H3,(H,15,16). The van der Waals surface area contributed by atoms with Crippen LogP contribution >= 0.6 is 0 Å². The van der Waals surface area contributed by atoms with Gasteiger partial charge in [0.1, 0.15) is 0 Å². The zero-order chi connectivity index (χ0) is 14.1. The average molecular weight is 257 g/mol. The van der Waals surface area contributed by atoms with Crippen molar-refractivity contribution in [3.63, 3.8) is 0 Å². The third-order valence-electron chi connectivity index (χ3n) is 3.36. The molecule has 0 rings (SSSR count). The van der Waals surface area contributed by atoms with Crippen molar-refractivity contribution in [1.29, 1.82) is 0 Å². The van der Waals surface area contributed by atoms with Crippen molar-refractivity contribution >= 4 is 11.9 Å². The molecule has 0 aromatic rings. The first-order valence-corrected chi connectivity index (χ1v) is 6.85. The molecule has 0 aromatic heterocycles. The van der Waals surface area contributed by atoms with Gasteiger partial charge in [0, 0.05) is 13.0 Å². The lowest BCUT2D eigenvalue weighted by molar-refractivity contribution is -0.144. The van der Waals surface area contributed by atoms with Gasteiger partial charge in [0.25, 0.3) is 0 Å². The van der Waals surface area contributed by atoms with Crippen LogP contribution in [0.1, 0.15) is 53.9 Å². The quantitative estimate of drug-likeness (QED) is 0.680. The fourth-order valence-corrected chi connectivity index (χ4v) is 2.14. The average Bonchev–Trinajstić information content (AvgIpc) is 2.27. The van der Waals surface area contributed by atoms with Crippen molar-refractivity contribution in [2.45, 2.75) is 59.9 Å². The van der Waals surface area contributed by atoms with Gasteiger partial charge in [0.2, 0.25) is 5.91 Å². The zero-order valence-electron chi connectivity index (χ0n) is 12.3. The summed E-state index contributed by atoms with van der Waals surface area (Å²) in [4.78, 5) is 22.8. The Morgan fingerprint density at radius 1 is 1.22 bits per heavy atom. The molecule has 0 aliphatic rings. The van der Waals surface area contributed by atoms with Crippen molar-refractivity contribution in [1.82, 2.24) is 5.32 Å². The first-order chi connectivity index (χ1) is 8.42. The van der Waals surface area contributed by atoms with Crippen molar-refractivity contribution in [2.75, 3.05) is 6.61 Å². The molecular weight excluding hydrogens is 230 g/mol. The summed E-state index contributed by atoms with van der Waals surface area (Å²) in [6, 6.07) is -0.136. The fraction of sp³-hybridized carbons (Fsp3) is 0.857. The van der Waals surface area contributed by atoms with Crippen molar-refractivity contribution in [2.24, 2.45) is 11.8 Å². The first kappa shape index (κ1) is 16.9. The number of hydrogen-bond acceptors (Lipinski definition) is 3. The number of carbonyl (C=O) groups is 2. The van der Waals surface area contributed by atoms with Crippen molar-refractivity contribution in [3.05, 3.63) is 0 Å². The summed E-state index contributed by atoms with van der Waals surface area (Å²) in [5, 5.41) is 2.87. The summed E-state index contributed by atoms with van der Waals surface area (Å²) in [6.07, 6.45) is 2.46. The number of nitrogens with one attached hydrogen (secondary N) is 1. The van der Waals surface area contributed by atoms with Crippen LogP contribution in [0, 0.1) is 11.8 Å². The van der Waals surface area contributed by atoms with Crippen LogP contribution in [0.15, 0.2) is 0 Å². The third kappa shape index (κ3) is 6.62. The van der Waals surface area contributed by atoms with Gasteiger partial charge in [-0.05, 0) is 18.8 Å². The van der Waals surface area contributed by atoms with E-state index < -0.39 is 0 Å². The van der Waals surface area contributed by atoms with E-state index in [9.17, 15) is 9.59 Å². The third-order valence-corrected chi connectivity index (χ3v) is 3.36. The Kier molecular flexibility index (Phi) is 8.42. The van der Waals surface area contributed by atoms with Crippen LogP contribution < -0.4 is 5.32 Å². The summed E-state index contributed by atoms with van der Waals surface area (Å²) in [5.74, 6) is 0.395. The Labute approximate surface area is 110 Å². The summed E-state index contributed by atoms with van der Waals surface area (Å²) in [7, 11) is 0. The van der Waals surface area contributed by atoms with E-state index in [1.807, 2.05) is 0 Å². The Bertz CT molecular complexity index is 266. The highest BCUT2D eigenvalue weighted by Crippen LogP contribution is 2.22. The second kappa shape index (κ2) is 8.95. The van der Waals surface area contributed by atoms with Gasteiger partial charge in [0.15, 0.2) is 0 Å². The van der Waals surface area contributed by atoms with Crippen LogP contribution in [0.2, 0.25) is 0 Å². The van der Waals surface area contributed by atoms with E-state index >= 15 is 0 Å². The smallest absolute Gasteiger partial charge is 0.307 e.